The quantitative estimate of drug-likeness (QED) is 0.412. The van der Waals surface area contributed by atoms with E-state index in [4.69, 9.17) is 5.73 Å². The molecule has 0 spiro atoms. The third kappa shape index (κ3) is 4.56. The molecular formula is C21H26N4O5. The zero-order valence-electron chi connectivity index (χ0n) is 16.7. The first-order chi connectivity index (χ1) is 14.4. The molecule has 30 heavy (non-hydrogen) atoms. The van der Waals surface area contributed by atoms with Crippen molar-refractivity contribution in [2.24, 2.45) is 5.73 Å². The van der Waals surface area contributed by atoms with Crippen molar-refractivity contribution in [3.63, 3.8) is 0 Å². The van der Waals surface area contributed by atoms with E-state index in [0.717, 1.165) is 17.7 Å². The molecule has 3 rings (SSSR count). The second-order valence-electron chi connectivity index (χ2n) is 7.49. The number of unbranched alkanes of at least 4 members (excludes halogenated alkanes) is 1. The van der Waals surface area contributed by atoms with E-state index in [1.54, 1.807) is 18.2 Å². The Morgan fingerprint density at radius 2 is 1.97 bits per heavy atom. The number of hydrogen-bond acceptors (Lipinski definition) is 6. The minimum absolute atomic E-state index is 0.139. The van der Waals surface area contributed by atoms with E-state index >= 15 is 0 Å². The molecule has 0 bridgehead atoms. The number of imide groups is 2. The van der Waals surface area contributed by atoms with Crippen LogP contribution in [0.4, 0.5) is 0 Å². The van der Waals surface area contributed by atoms with Crippen LogP contribution in [0.25, 0.3) is 0 Å². The number of nitrogens with two attached hydrogens (primary N) is 1. The minimum Gasteiger partial charge on any atom is -0.356 e. The van der Waals surface area contributed by atoms with Crippen LogP contribution in [0.1, 0.15) is 64.8 Å². The molecule has 2 aliphatic rings. The number of nitrogens with zero attached hydrogens (tertiary/aromatic N) is 1. The van der Waals surface area contributed by atoms with Gasteiger partial charge in [-0.05, 0) is 50.3 Å². The van der Waals surface area contributed by atoms with E-state index in [9.17, 15) is 24.0 Å². The molecule has 9 nitrogen and oxygen atoms in total. The molecule has 0 aromatic heterocycles. The van der Waals surface area contributed by atoms with Crippen LogP contribution in [0, 0.1) is 0 Å². The normalized spacial score (nSPS) is 18.8. The predicted molar refractivity (Wildman–Crippen MR) is 107 cm³/mol. The first kappa shape index (κ1) is 21.6. The second-order valence-corrected chi connectivity index (χ2v) is 7.49. The van der Waals surface area contributed by atoms with Gasteiger partial charge in [0, 0.05) is 19.4 Å². The highest BCUT2D eigenvalue weighted by Crippen LogP contribution is 2.30. The molecule has 1 aromatic carbocycles. The lowest BCUT2D eigenvalue weighted by atomic mass is 9.99. The lowest BCUT2D eigenvalue weighted by Gasteiger charge is -2.23. The standard InChI is InChI=1S/C21H26N4O5/c22-11-1-2-12-23-16(26)10-9-13-5-3-6-14-18(13)21(30)25(20(14)29)15-7-4-8-17(27)24-19(15)28/h3,5-6,15H,1-2,4,7-12,22H2,(H,23,26)(H,24,27,28)/t15-/m0/s1. The topological polar surface area (TPSA) is 139 Å². The van der Waals surface area contributed by atoms with Crippen molar-refractivity contribution in [2.45, 2.75) is 51.0 Å². The third-order valence-corrected chi connectivity index (χ3v) is 5.37. The summed E-state index contributed by atoms with van der Waals surface area (Å²) in [6, 6.07) is 3.92. The maximum absolute atomic E-state index is 13.1. The molecule has 1 atom stereocenters. The maximum Gasteiger partial charge on any atom is 0.262 e. The van der Waals surface area contributed by atoms with Crippen LogP contribution in [0.5, 0.6) is 0 Å². The molecule has 4 N–H and O–H groups in total. The van der Waals surface area contributed by atoms with Crippen molar-refractivity contribution in [3.8, 4) is 0 Å². The van der Waals surface area contributed by atoms with Crippen molar-refractivity contribution in [3.05, 3.63) is 34.9 Å². The van der Waals surface area contributed by atoms with Gasteiger partial charge in [0.15, 0.2) is 0 Å². The fourth-order valence-corrected chi connectivity index (χ4v) is 3.82. The van der Waals surface area contributed by atoms with E-state index in [0.29, 0.717) is 31.5 Å². The van der Waals surface area contributed by atoms with E-state index < -0.39 is 29.7 Å². The molecular weight excluding hydrogens is 388 g/mol. The van der Waals surface area contributed by atoms with Crippen LogP contribution >= 0.6 is 0 Å². The summed E-state index contributed by atoms with van der Waals surface area (Å²) in [6.07, 6.45) is 2.94. The van der Waals surface area contributed by atoms with Crippen molar-refractivity contribution >= 4 is 29.5 Å². The largest absolute Gasteiger partial charge is 0.356 e. The van der Waals surface area contributed by atoms with Gasteiger partial charge >= 0.3 is 0 Å². The van der Waals surface area contributed by atoms with Gasteiger partial charge in [0.05, 0.1) is 11.1 Å². The van der Waals surface area contributed by atoms with Crippen molar-refractivity contribution in [2.75, 3.05) is 13.1 Å². The Bertz CT molecular complexity index is 882. The van der Waals surface area contributed by atoms with Gasteiger partial charge in [0.1, 0.15) is 6.04 Å². The fraction of sp³-hybridized carbons (Fsp3) is 0.476. The number of rotatable bonds is 8. The van der Waals surface area contributed by atoms with E-state index in [-0.39, 0.29) is 36.3 Å². The number of benzene rings is 1. The average molecular weight is 414 g/mol. The summed E-state index contributed by atoms with van der Waals surface area (Å²) in [4.78, 5) is 62.9. The van der Waals surface area contributed by atoms with Gasteiger partial charge in [0.25, 0.3) is 11.8 Å². The summed E-state index contributed by atoms with van der Waals surface area (Å²) < 4.78 is 0. The Morgan fingerprint density at radius 3 is 2.73 bits per heavy atom. The molecule has 160 valence electrons. The Kier molecular flexibility index (Phi) is 6.94. The molecule has 0 saturated carbocycles. The summed E-state index contributed by atoms with van der Waals surface area (Å²) in [5.74, 6) is -2.27. The SMILES string of the molecule is NCCCCNC(=O)CCc1cccc2c1C(=O)N([C@H]1CCCC(=O)NC1=O)C2=O. The number of carbonyl (C=O) groups excluding carboxylic acids is 5. The summed E-state index contributed by atoms with van der Waals surface area (Å²) in [6.45, 7) is 1.12. The van der Waals surface area contributed by atoms with E-state index in [1.807, 2.05) is 0 Å². The van der Waals surface area contributed by atoms with Gasteiger partial charge in [-0.1, -0.05) is 12.1 Å². The zero-order chi connectivity index (χ0) is 21.7. The van der Waals surface area contributed by atoms with Gasteiger partial charge in [-0.25, -0.2) is 0 Å². The molecule has 1 aromatic rings. The predicted octanol–water partition coefficient (Wildman–Crippen LogP) is 0.266. The Morgan fingerprint density at radius 1 is 1.17 bits per heavy atom. The highest BCUT2D eigenvalue weighted by atomic mass is 16.2. The summed E-state index contributed by atoms with van der Waals surface area (Å²) >= 11 is 0. The Labute approximate surface area is 174 Å². The van der Waals surface area contributed by atoms with Gasteiger partial charge in [0.2, 0.25) is 17.7 Å². The molecule has 0 unspecified atom stereocenters. The Hall–Kier alpha value is -3.07. The smallest absolute Gasteiger partial charge is 0.262 e. The molecule has 0 aliphatic carbocycles. The first-order valence-corrected chi connectivity index (χ1v) is 10.2. The maximum atomic E-state index is 13.1. The molecule has 2 aliphatic heterocycles. The third-order valence-electron chi connectivity index (χ3n) is 5.37. The fourth-order valence-electron chi connectivity index (χ4n) is 3.82. The molecule has 2 heterocycles. The van der Waals surface area contributed by atoms with Gasteiger partial charge < -0.3 is 11.1 Å². The molecule has 5 amide bonds. The lowest BCUT2D eigenvalue weighted by Crippen LogP contribution is -2.49. The highest BCUT2D eigenvalue weighted by Gasteiger charge is 2.44. The van der Waals surface area contributed by atoms with E-state index in [2.05, 4.69) is 10.6 Å². The van der Waals surface area contributed by atoms with Crippen LogP contribution in [-0.4, -0.2) is 53.6 Å². The average Bonchev–Trinajstić information content (AvgIpc) is 2.86. The zero-order valence-corrected chi connectivity index (χ0v) is 16.7. The molecule has 1 fully saturated rings. The highest BCUT2D eigenvalue weighted by molar-refractivity contribution is 6.23. The minimum atomic E-state index is -1.01. The van der Waals surface area contributed by atoms with Crippen molar-refractivity contribution in [1.29, 1.82) is 0 Å². The summed E-state index contributed by atoms with van der Waals surface area (Å²) in [5.41, 5.74) is 6.48. The van der Waals surface area contributed by atoms with Crippen LogP contribution in [-0.2, 0) is 20.8 Å². The molecule has 1 saturated heterocycles. The van der Waals surface area contributed by atoms with Crippen LogP contribution < -0.4 is 16.4 Å². The van der Waals surface area contributed by atoms with Crippen molar-refractivity contribution < 1.29 is 24.0 Å². The van der Waals surface area contributed by atoms with Crippen LogP contribution in [0.15, 0.2) is 18.2 Å². The second kappa shape index (κ2) is 9.62. The number of fused-ring (bicyclic) bond motifs is 1. The Balaban J connectivity index is 1.72. The summed E-state index contributed by atoms with van der Waals surface area (Å²) in [5, 5.41) is 5.05. The van der Waals surface area contributed by atoms with Gasteiger partial charge in [-0.3, -0.25) is 34.2 Å². The lowest BCUT2D eigenvalue weighted by molar-refractivity contribution is -0.131. The number of nitrogens with one attached hydrogen (secondary N) is 2. The number of carbonyl (C=O) groups is 5. The first-order valence-electron chi connectivity index (χ1n) is 10.2. The molecule has 9 heteroatoms. The number of aryl methyl sites for hydroxylation is 1. The van der Waals surface area contributed by atoms with Gasteiger partial charge in [-0.15, -0.1) is 0 Å². The molecule has 0 radical (unpaired) electrons. The number of amides is 5. The number of hydrogen-bond donors (Lipinski definition) is 3. The van der Waals surface area contributed by atoms with Crippen LogP contribution in [0.3, 0.4) is 0 Å². The monoisotopic (exact) mass is 414 g/mol. The van der Waals surface area contributed by atoms with Crippen molar-refractivity contribution in [1.82, 2.24) is 15.5 Å². The van der Waals surface area contributed by atoms with E-state index in [1.165, 1.54) is 0 Å². The summed E-state index contributed by atoms with van der Waals surface area (Å²) in [7, 11) is 0. The van der Waals surface area contributed by atoms with Crippen LogP contribution in [0.2, 0.25) is 0 Å². The van der Waals surface area contributed by atoms with Gasteiger partial charge in [-0.2, -0.15) is 0 Å².